The van der Waals surface area contributed by atoms with Gasteiger partial charge in [-0.3, -0.25) is 4.79 Å². The van der Waals surface area contributed by atoms with Crippen molar-refractivity contribution in [3.8, 4) is 0 Å². The Labute approximate surface area is 93.8 Å². The summed E-state index contributed by atoms with van der Waals surface area (Å²) in [7, 11) is 0. The topological polar surface area (TPSA) is 124 Å². The summed E-state index contributed by atoms with van der Waals surface area (Å²) in [4.78, 5) is 44.5. The minimum absolute atomic E-state index is 0.211. The highest BCUT2D eigenvalue weighted by Gasteiger charge is 2.32. The van der Waals surface area contributed by atoms with Crippen LogP contribution in [0, 0.1) is 0 Å². The Balaban J connectivity index is 2.80. The number of ether oxygens (including phenoxy) is 1. The van der Waals surface area contributed by atoms with E-state index in [0.717, 1.165) is 12.1 Å². The van der Waals surface area contributed by atoms with E-state index < -0.39 is 29.4 Å². The van der Waals surface area contributed by atoms with Crippen LogP contribution in [0.2, 0.25) is 0 Å². The zero-order chi connectivity index (χ0) is 12.7. The minimum atomic E-state index is -1.42. The molecule has 86 valence electrons. The Morgan fingerprint density at radius 1 is 1.06 bits per heavy atom. The molecule has 17 heavy (non-hydrogen) atoms. The summed E-state index contributed by atoms with van der Waals surface area (Å²) in [6.07, 6.45) is 0. The molecule has 0 radical (unpaired) electrons. The molecular weight excluding hydrogens is 230 g/mol. The lowest BCUT2D eigenvalue weighted by Gasteiger charge is -2.15. The van der Waals surface area contributed by atoms with Gasteiger partial charge in [-0.05, 0) is 12.1 Å². The van der Waals surface area contributed by atoms with Gasteiger partial charge >= 0.3 is 17.9 Å². The zero-order valence-corrected chi connectivity index (χ0v) is 8.22. The molecule has 2 rings (SSSR count). The number of esters is 2. The largest absolute Gasteiger partial charge is 0.478 e. The van der Waals surface area contributed by atoms with Gasteiger partial charge in [0.25, 0.3) is 0 Å². The van der Waals surface area contributed by atoms with Crippen molar-refractivity contribution in [1.82, 2.24) is 0 Å². The lowest BCUT2D eigenvalue weighted by Crippen LogP contribution is -2.27. The first kappa shape index (κ1) is 10.8. The zero-order valence-electron chi connectivity index (χ0n) is 8.22. The van der Waals surface area contributed by atoms with Crippen LogP contribution in [-0.2, 0) is 4.74 Å². The van der Waals surface area contributed by atoms with Crippen LogP contribution in [0.5, 0.6) is 0 Å². The number of amides is 1. The number of cyclic esters (lactones) is 2. The molecule has 1 aliphatic rings. The number of benzene rings is 1. The molecule has 7 nitrogen and oxygen atoms in total. The number of carboxylic acids is 1. The Hall–Kier alpha value is -2.70. The number of fused-ring (bicyclic) bond motifs is 2. The maximum Gasteiger partial charge on any atom is 0.346 e. The quantitative estimate of drug-likeness (QED) is 0.540. The third-order valence-electron chi connectivity index (χ3n) is 2.28. The number of hydrogen-bond acceptors (Lipinski definition) is 5. The fourth-order valence-electron chi connectivity index (χ4n) is 1.51. The third kappa shape index (κ3) is 1.53. The monoisotopic (exact) mass is 235 g/mol. The Morgan fingerprint density at radius 3 is 2.06 bits per heavy atom. The summed E-state index contributed by atoms with van der Waals surface area (Å²) in [6.45, 7) is 0. The van der Waals surface area contributed by atoms with E-state index >= 15 is 0 Å². The Kier molecular flexibility index (Phi) is 2.17. The van der Waals surface area contributed by atoms with E-state index in [1.54, 1.807) is 0 Å². The first-order chi connectivity index (χ1) is 7.91. The molecule has 1 amide bonds. The van der Waals surface area contributed by atoms with Crippen molar-refractivity contribution in [1.29, 1.82) is 0 Å². The van der Waals surface area contributed by atoms with Gasteiger partial charge in [0.05, 0.1) is 22.3 Å². The SMILES string of the molecule is NC(=O)c1cc(C(=O)O)c2cc1C(=O)OC2=O. The van der Waals surface area contributed by atoms with Crippen molar-refractivity contribution in [3.63, 3.8) is 0 Å². The van der Waals surface area contributed by atoms with Crippen molar-refractivity contribution in [2.45, 2.75) is 0 Å². The molecular formula is C10H5NO6. The number of carboxylic acid groups (broad SMARTS) is 1. The molecule has 0 unspecified atom stereocenters. The number of aromatic carboxylic acids is 1. The van der Waals surface area contributed by atoms with Gasteiger partial charge in [-0.1, -0.05) is 0 Å². The van der Waals surface area contributed by atoms with E-state index in [9.17, 15) is 19.2 Å². The van der Waals surface area contributed by atoms with Gasteiger partial charge in [0.2, 0.25) is 5.91 Å². The molecule has 0 saturated heterocycles. The van der Waals surface area contributed by atoms with Gasteiger partial charge in [0.1, 0.15) is 0 Å². The van der Waals surface area contributed by atoms with E-state index in [2.05, 4.69) is 4.74 Å². The summed E-state index contributed by atoms with van der Waals surface area (Å²) < 4.78 is 4.30. The van der Waals surface area contributed by atoms with E-state index in [-0.39, 0.29) is 16.7 Å². The lowest BCUT2D eigenvalue weighted by molar-refractivity contribution is 0.0376. The second-order valence-electron chi connectivity index (χ2n) is 3.29. The van der Waals surface area contributed by atoms with Crippen LogP contribution in [0.3, 0.4) is 0 Å². The standard InChI is InChI=1S/C10H5NO6/c11-7(12)3-1-4(8(13)14)6-2-5(3)9(15)17-10(6)16/h1-2H,(H2,11,12)(H,13,14). The van der Waals surface area contributed by atoms with Crippen LogP contribution >= 0.6 is 0 Å². The summed E-state index contributed by atoms with van der Waals surface area (Å²) >= 11 is 0. The van der Waals surface area contributed by atoms with Gasteiger partial charge in [-0.2, -0.15) is 0 Å². The third-order valence-corrected chi connectivity index (χ3v) is 2.28. The molecule has 0 fully saturated rings. The smallest absolute Gasteiger partial charge is 0.346 e. The van der Waals surface area contributed by atoms with Crippen molar-refractivity contribution >= 4 is 23.8 Å². The average molecular weight is 235 g/mol. The maximum atomic E-state index is 11.3. The number of nitrogens with two attached hydrogens (primary N) is 1. The van der Waals surface area contributed by atoms with Crippen molar-refractivity contribution < 1.29 is 29.0 Å². The van der Waals surface area contributed by atoms with Crippen molar-refractivity contribution in [2.75, 3.05) is 0 Å². The summed E-state index contributed by atoms with van der Waals surface area (Å²) in [5.41, 5.74) is 3.80. The number of carbonyl (C=O) groups excluding carboxylic acids is 3. The normalized spacial score (nSPS) is 13.2. The van der Waals surface area contributed by atoms with Gasteiger partial charge < -0.3 is 15.6 Å². The molecule has 1 aromatic rings. The highest BCUT2D eigenvalue weighted by atomic mass is 16.6. The van der Waals surface area contributed by atoms with Crippen LogP contribution in [0.1, 0.15) is 41.4 Å². The van der Waals surface area contributed by atoms with Crippen molar-refractivity contribution in [2.24, 2.45) is 5.73 Å². The fraction of sp³-hybridized carbons (Fsp3) is 0. The van der Waals surface area contributed by atoms with Crippen LogP contribution in [0.25, 0.3) is 0 Å². The Morgan fingerprint density at radius 2 is 1.59 bits per heavy atom. The second kappa shape index (κ2) is 3.41. The molecule has 0 atom stereocenters. The molecule has 7 heteroatoms. The van der Waals surface area contributed by atoms with E-state index in [0.29, 0.717) is 0 Å². The van der Waals surface area contributed by atoms with Gasteiger partial charge in [0.15, 0.2) is 0 Å². The minimum Gasteiger partial charge on any atom is -0.478 e. The second-order valence-corrected chi connectivity index (χ2v) is 3.29. The Bertz CT molecular complexity index is 541. The number of carbonyl (C=O) groups is 4. The van der Waals surface area contributed by atoms with E-state index in [4.69, 9.17) is 10.8 Å². The van der Waals surface area contributed by atoms with E-state index in [1.807, 2.05) is 0 Å². The molecule has 2 bridgehead atoms. The van der Waals surface area contributed by atoms with Crippen LogP contribution in [0.15, 0.2) is 12.1 Å². The predicted molar refractivity (Wildman–Crippen MR) is 51.7 cm³/mol. The van der Waals surface area contributed by atoms with E-state index in [1.165, 1.54) is 0 Å². The number of hydrogen-bond donors (Lipinski definition) is 2. The first-order valence-corrected chi connectivity index (χ1v) is 4.39. The number of primary amides is 1. The fourth-order valence-corrected chi connectivity index (χ4v) is 1.51. The van der Waals surface area contributed by atoms with Crippen molar-refractivity contribution in [3.05, 3.63) is 34.4 Å². The first-order valence-electron chi connectivity index (χ1n) is 4.39. The summed E-state index contributed by atoms with van der Waals surface area (Å²) in [5.74, 6) is -4.47. The maximum absolute atomic E-state index is 11.3. The van der Waals surface area contributed by atoms with Crippen LogP contribution in [-0.4, -0.2) is 28.9 Å². The summed E-state index contributed by atoms with van der Waals surface area (Å²) in [5, 5.41) is 8.86. The molecule has 0 spiro atoms. The molecule has 0 aromatic heterocycles. The molecule has 0 aliphatic carbocycles. The molecule has 1 aliphatic heterocycles. The average Bonchev–Trinajstić information content (AvgIpc) is 2.25. The highest BCUT2D eigenvalue weighted by molar-refractivity contribution is 6.16. The highest BCUT2D eigenvalue weighted by Crippen LogP contribution is 2.23. The molecule has 0 saturated carbocycles. The van der Waals surface area contributed by atoms with Gasteiger partial charge in [0, 0.05) is 0 Å². The summed E-state index contributed by atoms with van der Waals surface area (Å²) in [6, 6.07) is 1.89. The van der Waals surface area contributed by atoms with Crippen LogP contribution in [0.4, 0.5) is 0 Å². The lowest BCUT2D eigenvalue weighted by atomic mass is 9.96. The predicted octanol–water partition coefficient (Wildman–Crippen LogP) is -0.206. The molecule has 1 heterocycles. The molecule has 3 N–H and O–H groups in total. The number of rotatable bonds is 2. The van der Waals surface area contributed by atoms with Gasteiger partial charge in [-0.15, -0.1) is 0 Å². The van der Waals surface area contributed by atoms with Crippen LogP contribution < -0.4 is 5.73 Å². The molecule has 1 aromatic carbocycles. The van der Waals surface area contributed by atoms with Gasteiger partial charge in [-0.25, -0.2) is 14.4 Å².